The van der Waals surface area contributed by atoms with Crippen LogP contribution in [-0.4, -0.2) is 18.9 Å². The first kappa shape index (κ1) is 18.5. The first-order valence-corrected chi connectivity index (χ1v) is 8.34. The van der Waals surface area contributed by atoms with Gasteiger partial charge in [-0.05, 0) is 47.9 Å². The lowest BCUT2D eigenvalue weighted by atomic mass is 9.93. The number of Topliss-reactive ketones (excluding diaryl/α,β-unsaturated/α-hetero) is 1. The van der Waals surface area contributed by atoms with E-state index in [-0.39, 0.29) is 24.1 Å². The summed E-state index contributed by atoms with van der Waals surface area (Å²) in [6.45, 7) is 1.75. The lowest BCUT2D eigenvalue weighted by Gasteiger charge is -2.12. The Balaban J connectivity index is 2.27. The number of carbonyl (C=O) groups excluding carboxylic acids is 2. The number of benzene rings is 2. The van der Waals surface area contributed by atoms with E-state index in [1.54, 1.807) is 37.3 Å². The SMILES string of the molecule is COC(=O)C(C)CCC(=O)c1ccc(Cl)cc1-c1cccc(Cl)c1. The van der Waals surface area contributed by atoms with Gasteiger partial charge in [-0.2, -0.15) is 0 Å². The summed E-state index contributed by atoms with van der Waals surface area (Å²) in [5.74, 6) is -0.674. The summed E-state index contributed by atoms with van der Waals surface area (Å²) in [6, 6.07) is 12.4. The van der Waals surface area contributed by atoms with E-state index in [0.717, 1.165) is 11.1 Å². The zero-order chi connectivity index (χ0) is 17.7. The van der Waals surface area contributed by atoms with Gasteiger partial charge in [0.15, 0.2) is 5.78 Å². The number of ether oxygens (including phenoxy) is 1. The van der Waals surface area contributed by atoms with Gasteiger partial charge in [0.1, 0.15) is 0 Å². The Bertz CT molecular complexity index is 756. The van der Waals surface area contributed by atoms with E-state index in [1.165, 1.54) is 7.11 Å². The quantitative estimate of drug-likeness (QED) is 0.506. The van der Waals surface area contributed by atoms with Crippen LogP contribution in [-0.2, 0) is 9.53 Å². The molecule has 2 aromatic carbocycles. The highest BCUT2D eigenvalue weighted by atomic mass is 35.5. The van der Waals surface area contributed by atoms with Crippen molar-refractivity contribution in [3.8, 4) is 11.1 Å². The van der Waals surface area contributed by atoms with E-state index in [2.05, 4.69) is 4.74 Å². The second-order valence-corrected chi connectivity index (χ2v) is 6.46. The van der Waals surface area contributed by atoms with Crippen molar-refractivity contribution in [3.05, 3.63) is 58.1 Å². The smallest absolute Gasteiger partial charge is 0.308 e. The Hall–Kier alpha value is -1.84. The van der Waals surface area contributed by atoms with Gasteiger partial charge in [-0.3, -0.25) is 9.59 Å². The third-order valence-corrected chi connectivity index (χ3v) is 4.30. The Kier molecular flexibility index (Phi) is 6.41. The van der Waals surface area contributed by atoms with Crippen molar-refractivity contribution in [2.24, 2.45) is 5.92 Å². The number of hydrogen-bond acceptors (Lipinski definition) is 3. The van der Waals surface area contributed by atoms with Crippen molar-refractivity contribution in [1.82, 2.24) is 0 Å². The van der Waals surface area contributed by atoms with Gasteiger partial charge in [0.2, 0.25) is 0 Å². The van der Waals surface area contributed by atoms with Gasteiger partial charge < -0.3 is 4.74 Å². The van der Waals surface area contributed by atoms with Crippen molar-refractivity contribution in [2.45, 2.75) is 19.8 Å². The number of hydrogen-bond donors (Lipinski definition) is 0. The maximum Gasteiger partial charge on any atom is 0.308 e. The van der Waals surface area contributed by atoms with Gasteiger partial charge in [-0.1, -0.05) is 42.3 Å². The first-order valence-electron chi connectivity index (χ1n) is 7.59. The molecule has 2 aromatic rings. The van der Waals surface area contributed by atoms with Crippen molar-refractivity contribution >= 4 is 35.0 Å². The van der Waals surface area contributed by atoms with Crippen molar-refractivity contribution in [2.75, 3.05) is 7.11 Å². The van der Waals surface area contributed by atoms with Gasteiger partial charge in [-0.15, -0.1) is 0 Å². The van der Waals surface area contributed by atoms with E-state index < -0.39 is 0 Å². The minimum absolute atomic E-state index is 0.0441. The largest absolute Gasteiger partial charge is 0.469 e. The molecule has 0 aliphatic carbocycles. The normalized spacial score (nSPS) is 11.8. The number of halogens is 2. The molecule has 1 atom stereocenters. The monoisotopic (exact) mass is 364 g/mol. The highest BCUT2D eigenvalue weighted by molar-refractivity contribution is 6.31. The summed E-state index contributed by atoms with van der Waals surface area (Å²) in [5, 5.41) is 1.13. The van der Waals surface area contributed by atoms with Gasteiger partial charge in [0.25, 0.3) is 0 Å². The lowest BCUT2D eigenvalue weighted by molar-refractivity contribution is -0.144. The average molecular weight is 365 g/mol. The second kappa shape index (κ2) is 8.32. The number of rotatable bonds is 6. The number of methoxy groups -OCH3 is 1. The molecule has 5 heteroatoms. The third kappa shape index (κ3) is 4.59. The van der Waals surface area contributed by atoms with E-state index in [1.807, 2.05) is 12.1 Å². The van der Waals surface area contributed by atoms with Crippen LogP contribution >= 0.6 is 23.2 Å². The molecule has 0 saturated heterocycles. The Morgan fingerprint density at radius 2 is 1.79 bits per heavy atom. The molecule has 0 radical (unpaired) electrons. The van der Waals surface area contributed by atoms with Crippen LogP contribution in [0.15, 0.2) is 42.5 Å². The van der Waals surface area contributed by atoms with Gasteiger partial charge in [-0.25, -0.2) is 0 Å². The molecule has 126 valence electrons. The first-order chi connectivity index (χ1) is 11.4. The molecule has 2 rings (SSSR count). The fourth-order valence-electron chi connectivity index (χ4n) is 2.46. The van der Waals surface area contributed by atoms with Crippen molar-refractivity contribution < 1.29 is 14.3 Å². The summed E-state index contributed by atoms with van der Waals surface area (Å²) in [5.41, 5.74) is 2.13. The highest BCUT2D eigenvalue weighted by Gasteiger charge is 2.18. The minimum atomic E-state index is -0.319. The van der Waals surface area contributed by atoms with E-state index in [4.69, 9.17) is 23.2 Å². The van der Waals surface area contributed by atoms with Crippen molar-refractivity contribution in [1.29, 1.82) is 0 Å². The zero-order valence-corrected chi connectivity index (χ0v) is 15.0. The summed E-state index contributed by atoms with van der Waals surface area (Å²) >= 11 is 12.1. The average Bonchev–Trinajstić information content (AvgIpc) is 2.58. The molecule has 0 aliphatic heterocycles. The summed E-state index contributed by atoms with van der Waals surface area (Å²) in [7, 11) is 1.34. The standard InChI is InChI=1S/C19H18Cl2O3/c1-12(19(23)24-2)6-9-18(22)16-8-7-15(21)11-17(16)13-4-3-5-14(20)10-13/h3-5,7-8,10-12H,6,9H2,1-2H3. The Morgan fingerprint density at radius 1 is 1.08 bits per heavy atom. The molecule has 0 N–H and O–H groups in total. The minimum Gasteiger partial charge on any atom is -0.469 e. The van der Waals surface area contributed by atoms with E-state index in [9.17, 15) is 9.59 Å². The third-order valence-electron chi connectivity index (χ3n) is 3.83. The zero-order valence-electron chi connectivity index (χ0n) is 13.5. The fraction of sp³-hybridized carbons (Fsp3) is 0.263. The molecule has 0 bridgehead atoms. The maximum atomic E-state index is 12.6. The molecular weight excluding hydrogens is 347 g/mol. The molecule has 0 aromatic heterocycles. The van der Waals surface area contributed by atoms with Crippen LogP contribution < -0.4 is 0 Å². The predicted molar refractivity (Wildman–Crippen MR) is 96.6 cm³/mol. The molecule has 0 heterocycles. The number of ketones is 1. The summed E-state index contributed by atoms with van der Waals surface area (Å²) in [6.07, 6.45) is 0.689. The van der Waals surface area contributed by atoms with Crippen molar-refractivity contribution in [3.63, 3.8) is 0 Å². The van der Waals surface area contributed by atoms with Crippen LogP contribution in [0.4, 0.5) is 0 Å². The highest BCUT2D eigenvalue weighted by Crippen LogP contribution is 2.30. The predicted octanol–water partition coefficient (Wildman–Crippen LogP) is 5.43. The fourth-order valence-corrected chi connectivity index (χ4v) is 2.82. The molecule has 0 amide bonds. The number of esters is 1. The van der Waals surface area contributed by atoms with Crippen LogP contribution in [0.5, 0.6) is 0 Å². The molecule has 0 spiro atoms. The van der Waals surface area contributed by atoms with Gasteiger partial charge in [0, 0.05) is 22.0 Å². The molecule has 0 aliphatic rings. The molecular formula is C19H18Cl2O3. The topological polar surface area (TPSA) is 43.4 Å². The van der Waals surface area contributed by atoms with E-state index >= 15 is 0 Å². The summed E-state index contributed by atoms with van der Waals surface area (Å²) in [4.78, 5) is 24.1. The second-order valence-electron chi connectivity index (χ2n) is 5.59. The van der Waals surface area contributed by atoms with Crippen LogP contribution in [0.2, 0.25) is 10.0 Å². The van der Waals surface area contributed by atoms with Crippen LogP contribution in [0.3, 0.4) is 0 Å². The van der Waals surface area contributed by atoms with Crippen LogP contribution in [0, 0.1) is 5.92 Å². The van der Waals surface area contributed by atoms with Gasteiger partial charge in [0.05, 0.1) is 13.0 Å². The summed E-state index contributed by atoms with van der Waals surface area (Å²) < 4.78 is 4.69. The molecule has 0 fully saturated rings. The Labute approximate surface area is 151 Å². The van der Waals surface area contributed by atoms with Gasteiger partial charge >= 0.3 is 5.97 Å². The van der Waals surface area contributed by atoms with Crippen LogP contribution in [0.25, 0.3) is 11.1 Å². The molecule has 1 unspecified atom stereocenters. The number of carbonyl (C=O) groups is 2. The Morgan fingerprint density at radius 3 is 2.46 bits per heavy atom. The van der Waals surface area contributed by atoms with E-state index in [0.29, 0.717) is 22.0 Å². The van der Waals surface area contributed by atoms with Crippen LogP contribution in [0.1, 0.15) is 30.1 Å². The maximum absolute atomic E-state index is 12.6. The molecule has 24 heavy (non-hydrogen) atoms. The molecule has 0 saturated carbocycles. The molecule has 3 nitrogen and oxygen atoms in total. The lowest BCUT2D eigenvalue weighted by Crippen LogP contribution is -2.14.